The molecule has 1 aliphatic heterocycles. The lowest BCUT2D eigenvalue weighted by Crippen LogP contribution is -2.53. The molecule has 0 spiro atoms. The zero-order valence-corrected chi connectivity index (χ0v) is 10.4. The third kappa shape index (κ3) is 2.09. The van der Waals surface area contributed by atoms with Crippen LogP contribution in [0.1, 0.15) is 46.0 Å². The molecule has 1 saturated heterocycles. The highest BCUT2D eigenvalue weighted by Crippen LogP contribution is 2.40. The Balaban J connectivity index is 2.04. The van der Waals surface area contributed by atoms with Crippen LogP contribution in [0.4, 0.5) is 0 Å². The van der Waals surface area contributed by atoms with Gasteiger partial charge in [0.15, 0.2) is 0 Å². The normalized spacial score (nSPS) is 34.6. The lowest BCUT2D eigenvalue weighted by atomic mass is 9.95. The van der Waals surface area contributed by atoms with Crippen molar-refractivity contribution in [2.45, 2.75) is 63.6 Å². The average molecular weight is 221 g/mol. The first-order valence-electron chi connectivity index (χ1n) is 6.56. The summed E-state index contributed by atoms with van der Waals surface area (Å²) in [7, 11) is 0. The van der Waals surface area contributed by atoms with Gasteiger partial charge in [-0.25, -0.2) is 0 Å². The quantitative estimate of drug-likeness (QED) is 0.788. The van der Waals surface area contributed by atoms with Crippen molar-refractivity contribution in [2.24, 2.45) is 11.7 Å². The Morgan fingerprint density at radius 3 is 2.56 bits per heavy atom. The molecule has 0 aromatic rings. The number of hydrogen-bond donors (Lipinski definition) is 1. The second kappa shape index (κ2) is 4.35. The van der Waals surface area contributed by atoms with Gasteiger partial charge >= 0.3 is 0 Å². The van der Waals surface area contributed by atoms with Crippen LogP contribution in [0.2, 0.25) is 0 Å². The summed E-state index contributed by atoms with van der Waals surface area (Å²) in [5, 5.41) is 9.30. The topological polar surface area (TPSA) is 53.0 Å². The molecule has 3 heteroatoms. The van der Waals surface area contributed by atoms with E-state index in [0.717, 1.165) is 19.4 Å². The fourth-order valence-electron chi connectivity index (χ4n) is 3.01. The fourth-order valence-corrected chi connectivity index (χ4v) is 3.01. The molecule has 2 aliphatic rings. The van der Waals surface area contributed by atoms with Crippen molar-refractivity contribution in [3.05, 3.63) is 0 Å². The van der Waals surface area contributed by atoms with Crippen LogP contribution in [0.25, 0.3) is 0 Å². The van der Waals surface area contributed by atoms with Crippen molar-refractivity contribution < 1.29 is 0 Å². The first kappa shape index (κ1) is 11.9. The van der Waals surface area contributed by atoms with Crippen LogP contribution in [-0.4, -0.2) is 29.1 Å². The Morgan fingerprint density at radius 1 is 1.38 bits per heavy atom. The van der Waals surface area contributed by atoms with E-state index in [2.05, 4.69) is 24.8 Å². The van der Waals surface area contributed by atoms with Crippen molar-refractivity contribution in [3.63, 3.8) is 0 Å². The molecule has 90 valence electrons. The van der Waals surface area contributed by atoms with E-state index in [4.69, 9.17) is 5.73 Å². The number of nitrogens with zero attached hydrogens (tertiary/aromatic N) is 2. The van der Waals surface area contributed by atoms with Gasteiger partial charge in [-0.3, -0.25) is 4.90 Å². The van der Waals surface area contributed by atoms with Crippen LogP contribution in [0.5, 0.6) is 0 Å². The molecule has 16 heavy (non-hydrogen) atoms. The SMILES string of the molecule is CCC1CCC(C)N1CC(N)(C#N)C1CC1. The third-order valence-electron chi connectivity index (χ3n) is 4.38. The summed E-state index contributed by atoms with van der Waals surface area (Å²) < 4.78 is 0. The van der Waals surface area contributed by atoms with Gasteiger partial charge in [0.05, 0.1) is 6.07 Å². The molecule has 0 amide bonds. The maximum absolute atomic E-state index is 9.30. The van der Waals surface area contributed by atoms with Gasteiger partial charge in [0.2, 0.25) is 0 Å². The lowest BCUT2D eigenvalue weighted by molar-refractivity contribution is 0.161. The minimum absolute atomic E-state index is 0.447. The van der Waals surface area contributed by atoms with Gasteiger partial charge in [0.1, 0.15) is 5.54 Å². The maximum atomic E-state index is 9.30. The van der Waals surface area contributed by atoms with Crippen molar-refractivity contribution in [3.8, 4) is 6.07 Å². The van der Waals surface area contributed by atoms with Gasteiger partial charge in [0.25, 0.3) is 0 Å². The number of hydrogen-bond acceptors (Lipinski definition) is 3. The molecule has 2 fully saturated rings. The van der Waals surface area contributed by atoms with E-state index >= 15 is 0 Å². The lowest BCUT2D eigenvalue weighted by Gasteiger charge is -2.34. The summed E-state index contributed by atoms with van der Waals surface area (Å²) in [6.07, 6.45) is 5.98. The van der Waals surface area contributed by atoms with Gasteiger partial charge in [-0.15, -0.1) is 0 Å². The first-order valence-corrected chi connectivity index (χ1v) is 6.56. The Kier molecular flexibility index (Phi) is 3.23. The van der Waals surface area contributed by atoms with Gasteiger partial charge in [-0.1, -0.05) is 6.92 Å². The fraction of sp³-hybridized carbons (Fsp3) is 0.923. The molecule has 1 heterocycles. The summed E-state index contributed by atoms with van der Waals surface area (Å²) in [5.74, 6) is 0.447. The second-order valence-corrected chi connectivity index (χ2v) is 5.59. The van der Waals surface area contributed by atoms with Crippen molar-refractivity contribution in [1.82, 2.24) is 4.90 Å². The van der Waals surface area contributed by atoms with Crippen LogP contribution < -0.4 is 5.73 Å². The van der Waals surface area contributed by atoms with Crippen LogP contribution in [-0.2, 0) is 0 Å². The summed E-state index contributed by atoms with van der Waals surface area (Å²) in [5.41, 5.74) is 5.67. The van der Waals surface area contributed by atoms with Gasteiger partial charge in [-0.05, 0) is 44.9 Å². The Hall–Kier alpha value is -0.590. The monoisotopic (exact) mass is 221 g/mol. The van der Waals surface area contributed by atoms with E-state index in [1.54, 1.807) is 0 Å². The molecule has 3 unspecified atom stereocenters. The van der Waals surface area contributed by atoms with E-state index in [-0.39, 0.29) is 0 Å². The van der Waals surface area contributed by atoms with Gasteiger partial charge in [0, 0.05) is 18.6 Å². The molecule has 1 saturated carbocycles. The van der Waals surface area contributed by atoms with Crippen molar-refractivity contribution in [1.29, 1.82) is 5.26 Å². The van der Waals surface area contributed by atoms with Crippen molar-refractivity contribution in [2.75, 3.05) is 6.54 Å². The largest absolute Gasteiger partial charge is 0.312 e. The number of nitriles is 1. The van der Waals surface area contributed by atoms with Crippen LogP contribution in [0.15, 0.2) is 0 Å². The van der Waals surface area contributed by atoms with Gasteiger partial charge in [-0.2, -0.15) is 5.26 Å². The van der Waals surface area contributed by atoms with Crippen LogP contribution in [0, 0.1) is 17.2 Å². The summed E-state index contributed by atoms with van der Waals surface area (Å²) in [6.45, 7) is 5.27. The molecule has 2 N–H and O–H groups in total. The minimum atomic E-state index is -0.591. The molecular weight excluding hydrogens is 198 g/mol. The number of nitrogens with two attached hydrogens (primary N) is 1. The molecule has 2 rings (SSSR count). The summed E-state index contributed by atoms with van der Waals surface area (Å²) in [6, 6.07) is 3.61. The van der Waals surface area contributed by atoms with E-state index in [1.165, 1.54) is 19.3 Å². The predicted octanol–water partition coefficient (Wildman–Crippen LogP) is 1.88. The highest BCUT2D eigenvalue weighted by molar-refractivity contribution is 5.15. The Labute approximate surface area is 98.6 Å². The standard InChI is InChI=1S/C13H23N3/c1-3-12-7-4-10(2)16(12)9-13(15,8-14)11-5-6-11/h10-12H,3-7,9,15H2,1-2H3. The zero-order chi connectivity index (χ0) is 11.8. The van der Waals surface area contributed by atoms with E-state index in [1.807, 2.05) is 0 Å². The molecule has 0 radical (unpaired) electrons. The Morgan fingerprint density at radius 2 is 2.06 bits per heavy atom. The number of rotatable bonds is 4. The summed E-state index contributed by atoms with van der Waals surface area (Å²) in [4.78, 5) is 2.47. The molecule has 0 aromatic carbocycles. The molecule has 3 atom stereocenters. The number of likely N-dealkylation sites (tertiary alicyclic amines) is 1. The predicted molar refractivity (Wildman–Crippen MR) is 64.7 cm³/mol. The highest BCUT2D eigenvalue weighted by atomic mass is 15.2. The third-order valence-corrected chi connectivity index (χ3v) is 4.38. The molecule has 1 aliphatic carbocycles. The van der Waals surface area contributed by atoms with Gasteiger partial charge < -0.3 is 5.73 Å². The molecular formula is C13H23N3. The maximum Gasteiger partial charge on any atom is 0.119 e. The smallest absolute Gasteiger partial charge is 0.119 e. The van der Waals surface area contributed by atoms with Crippen molar-refractivity contribution >= 4 is 0 Å². The molecule has 0 bridgehead atoms. The average Bonchev–Trinajstić information content (AvgIpc) is 3.07. The van der Waals surface area contributed by atoms with Crippen LogP contribution in [0.3, 0.4) is 0 Å². The van der Waals surface area contributed by atoms with E-state index < -0.39 is 5.54 Å². The minimum Gasteiger partial charge on any atom is -0.312 e. The van der Waals surface area contributed by atoms with E-state index in [9.17, 15) is 5.26 Å². The molecule has 0 aromatic heterocycles. The summed E-state index contributed by atoms with van der Waals surface area (Å²) >= 11 is 0. The Bertz CT molecular complexity index is 292. The molecule has 3 nitrogen and oxygen atoms in total. The van der Waals surface area contributed by atoms with Crippen LogP contribution >= 0.6 is 0 Å². The zero-order valence-electron chi connectivity index (χ0n) is 10.4. The first-order chi connectivity index (χ1) is 7.60. The highest BCUT2D eigenvalue weighted by Gasteiger charge is 2.46. The van der Waals surface area contributed by atoms with E-state index in [0.29, 0.717) is 18.0 Å². The second-order valence-electron chi connectivity index (χ2n) is 5.59.